The second-order valence-corrected chi connectivity index (χ2v) is 6.41. The topological polar surface area (TPSA) is 53.1 Å². The molecule has 0 radical (unpaired) electrons. The van der Waals surface area contributed by atoms with Crippen molar-refractivity contribution in [3.05, 3.63) is 41.1 Å². The van der Waals surface area contributed by atoms with Gasteiger partial charge in [0.05, 0.1) is 5.69 Å². The van der Waals surface area contributed by atoms with E-state index in [0.29, 0.717) is 6.54 Å². The summed E-state index contributed by atoms with van der Waals surface area (Å²) in [7, 11) is 1.89. The molecule has 1 aromatic carbocycles. The smallest absolute Gasteiger partial charge is 0.221 e. The molecule has 0 bridgehead atoms. The maximum absolute atomic E-state index is 6.03. The van der Waals surface area contributed by atoms with Crippen LogP contribution in [0.25, 0.3) is 0 Å². The van der Waals surface area contributed by atoms with Gasteiger partial charge in [0.15, 0.2) is 0 Å². The first-order valence-corrected chi connectivity index (χ1v) is 7.34. The second-order valence-electron chi connectivity index (χ2n) is 6.41. The minimum Gasteiger partial charge on any atom is -0.439 e. The third-order valence-electron chi connectivity index (χ3n) is 3.62. The van der Waals surface area contributed by atoms with Crippen LogP contribution in [-0.4, -0.2) is 16.3 Å². The highest BCUT2D eigenvalue weighted by molar-refractivity contribution is 5.37. The summed E-state index contributed by atoms with van der Waals surface area (Å²) in [5.74, 6) is 1.60. The largest absolute Gasteiger partial charge is 0.439 e. The monoisotopic (exact) mass is 287 g/mol. The summed E-state index contributed by atoms with van der Waals surface area (Å²) in [5.41, 5.74) is 9.17. The minimum absolute atomic E-state index is 0.145. The van der Waals surface area contributed by atoms with Crippen molar-refractivity contribution < 1.29 is 4.74 Å². The van der Waals surface area contributed by atoms with Crippen LogP contribution < -0.4 is 10.5 Å². The number of hydrogen-bond donors (Lipinski definition) is 1. The van der Waals surface area contributed by atoms with Crippen LogP contribution in [0, 0.1) is 6.92 Å². The van der Waals surface area contributed by atoms with Crippen LogP contribution in [-0.2, 0) is 18.9 Å². The Balaban J connectivity index is 2.26. The van der Waals surface area contributed by atoms with Crippen LogP contribution in [0.5, 0.6) is 11.6 Å². The number of aryl methyl sites for hydroxylation is 2. The number of nitrogens with zero attached hydrogens (tertiary/aromatic N) is 2. The molecule has 0 unspecified atom stereocenters. The zero-order valence-corrected chi connectivity index (χ0v) is 13.6. The molecule has 2 N–H and O–H groups in total. The van der Waals surface area contributed by atoms with E-state index in [1.807, 2.05) is 26.1 Å². The Morgan fingerprint density at radius 3 is 2.33 bits per heavy atom. The molecule has 2 aromatic rings. The maximum atomic E-state index is 6.03. The average molecular weight is 287 g/mol. The Labute approximate surface area is 126 Å². The molecule has 0 saturated heterocycles. The zero-order chi connectivity index (χ0) is 15.6. The molecule has 0 aliphatic carbocycles. The van der Waals surface area contributed by atoms with Crippen molar-refractivity contribution in [1.29, 1.82) is 0 Å². The highest BCUT2D eigenvalue weighted by Gasteiger charge is 2.16. The van der Waals surface area contributed by atoms with E-state index < -0.39 is 0 Å². The third kappa shape index (κ3) is 3.45. The minimum atomic E-state index is 0.145. The van der Waals surface area contributed by atoms with Crippen molar-refractivity contribution in [2.75, 3.05) is 6.54 Å². The molecule has 4 heteroatoms. The molecule has 114 valence electrons. The first-order chi connectivity index (χ1) is 9.82. The van der Waals surface area contributed by atoms with E-state index in [9.17, 15) is 0 Å². The van der Waals surface area contributed by atoms with E-state index >= 15 is 0 Å². The Morgan fingerprint density at radius 2 is 1.81 bits per heavy atom. The quantitative estimate of drug-likeness (QED) is 0.938. The standard InChI is InChI=1S/C17H25N3O/c1-12-15(10-11-18)16(20(5)19-12)21-14-8-6-13(7-9-14)17(2,3)4/h6-9H,10-11,18H2,1-5H3. The van der Waals surface area contributed by atoms with Gasteiger partial charge in [0.1, 0.15) is 5.75 Å². The number of rotatable bonds is 4. The van der Waals surface area contributed by atoms with Crippen molar-refractivity contribution in [3.63, 3.8) is 0 Å². The van der Waals surface area contributed by atoms with Gasteiger partial charge in [-0.25, -0.2) is 4.68 Å². The van der Waals surface area contributed by atoms with E-state index in [4.69, 9.17) is 10.5 Å². The van der Waals surface area contributed by atoms with E-state index in [2.05, 4.69) is 38.0 Å². The highest BCUT2D eigenvalue weighted by Crippen LogP contribution is 2.29. The fourth-order valence-electron chi connectivity index (χ4n) is 2.38. The van der Waals surface area contributed by atoms with Gasteiger partial charge in [0.25, 0.3) is 0 Å². The van der Waals surface area contributed by atoms with E-state index in [1.165, 1.54) is 5.56 Å². The van der Waals surface area contributed by atoms with Crippen LogP contribution in [0.4, 0.5) is 0 Å². The number of hydrogen-bond acceptors (Lipinski definition) is 3. The van der Waals surface area contributed by atoms with E-state index in [1.54, 1.807) is 4.68 Å². The van der Waals surface area contributed by atoms with Gasteiger partial charge in [0.2, 0.25) is 5.88 Å². The molecule has 4 nitrogen and oxygen atoms in total. The van der Waals surface area contributed by atoms with Crippen molar-refractivity contribution in [1.82, 2.24) is 9.78 Å². The lowest BCUT2D eigenvalue weighted by Crippen LogP contribution is -2.10. The molecule has 2 rings (SSSR count). The third-order valence-corrected chi connectivity index (χ3v) is 3.62. The molecular formula is C17H25N3O. The van der Waals surface area contributed by atoms with Crippen molar-refractivity contribution >= 4 is 0 Å². The van der Waals surface area contributed by atoms with E-state index in [0.717, 1.165) is 29.3 Å². The average Bonchev–Trinajstić information content (AvgIpc) is 2.66. The predicted octanol–water partition coefficient (Wildman–Crippen LogP) is 3.32. The highest BCUT2D eigenvalue weighted by atomic mass is 16.5. The van der Waals surface area contributed by atoms with Gasteiger partial charge in [-0.2, -0.15) is 5.10 Å². The van der Waals surface area contributed by atoms with Crippen LogP contribution >= 0.6 is 0 Å². The van der Waals surface area contributed by atoms with Gasteiger partial charge in [-0.3, -0.25) is 0 Å². The van der Waals surface area contributed by atoms with Gasteiger partial charge in [-0.1, -0.05) is 32.9 Å². The van der Waals surface area contributed by atoms with Gasteiger partial charge >= 0.3 is 0 Å². The number of aromatic nitrogens is 2. The molecule has 0 saturated carbocycles. The molecular weight excluding hydrogens is 262 g/mol. The Morgan fingerprint density at radius 1 is 1.19 bits per heavy atom. The van der Waals surface area contributed by atoms with Gasteiger partial charge < -0.3 is 10.5 Å². The number of nitrogens with two attached hydrogens (primary N) is 1. The molecule has 0 spiro atoms. The van der Waals surface area contributed by atoms with Gasteiger partial charge in [0, 0.05) is 12.6 Å². The number of benzene rings is 1. The Bertz CT molecular complexity index is 606. The van der Waals surface area contributed by atoms with Crippen molar-refractivity contribution in [2.45, 2.75) is 39.5 Å². The summed E-state index contributed by atoms with van der Waals surface area (Å²) in [6.45, 7) is 9.18. The molecule has 0 aliphatic rings. The predicted molar refractivity (Wildman–Crippen MR) is 85.9 cm³/mol. The second kappa shape index (κ2) is 5.90. The molecule has 0 amide bonds. The summed E-state index contributed by atoms with van der Waals surface area (Å²) in [6.07, 6.45) is 0.773. The molecule has 0 aliphatic heterocycles. The molecule has 1 aromatic heterocycles. The Hall–Kier alpha value is -1.81. The molecule has 1 heterocycles. The zero-order valence-electron chi connectivity index (χ0n) is 13.6. The van der Waals surface area contributed by atoms with Crippen molar-refractivity contribution in [2.24, 2.45) is 12.8 Å². The summed E-state index contributed by atoms with van der Waals surface area (Å²) in [6, 6.07) is 8.24. The fourth-order valence-corrected chi connectivity index (χ4v) is 2.38. The lowest BCUT2D eigenvalue weighted by molar-refractivity contribution is 0.425. The maximum Gasteiger partial charge on any atom is 0.221 e. The molecule has 0 atom stereocenters. The van der Waals surface area contributed by atoms with Crippen LogP contribution in [0.15, 0.2) is 24.3 Å². The SMILES string of the molecule is Cc1nn(C)c(Oc2ccc(C(C)(C)C)cc2)c1CCN. The van der Waals surface area contributed by atoms with Crippen LogP contribution in [0.2, 0.25) is 0 Å². The van der Waals surface area contributed by atoms with Crippen LogP contribution in [0.3, 0.4) is 0 Å². The van der Waals surface area contributed by atoms with Gasteiger partial charge in [-0.05, 0) is 43.0 Å². The summed E-state index contributed by atoms with van der Waals surface area (Å²) >= 11 is 0. The summed E-state index contributed by atoms with van der Waals surface area (Å²) in [5, 5.41) is 4.42. The summed E-state index contributed by atoms with van der Waals surface area (Å²) < 4.78 is 7.80. The van der Waals surface area contributed by atoms with Crippen molar-refractivity contribution in [3.8, 4) is 11.6 Å². The first-order valence-electron chi connectivity index (χ1n) is 7.34. The number of ether oxygens (including phenoxy) is 1. The fraction of sp³-hybridized carbons (Fsp3) is 0.471. The van der Waals surface area contributed by atoms with E-state index in [-0.39, 0.29) is 5.41 Å². The lowest BCUT2D eigenvalue weighted by atomic mass is 9.87. The normalized spacial score (nSPS) is 11.7. The van der Waals surface area contributed by atoms with Crippen LogP contribution in [0.1, 0.15) is 37.6 Å². The molecule has 0 fully saturated rings. The lowest BCUT2D eigenvalue weighted by Gasteiger charge is -2.19. The summed E-state index contributed by atoms with van der Waals surface area (Å²) in [4.78, 5) is 0. The van der Waals surface area contributed by atoms with Gasteiger partial charge in [-0.15, -0.1) is 0 Å². The Kier molecular flexibility index (Phi) is 4.37. The molecule has 21 heavy (non-hydrogen) atoms. The first kappa shape index (κ1) is 15.6.